The summed E-state index contributed by atoms with van der Waals surface area (Å²) in [6.07, 6.45) is 4.95. The van der Waals surface area contributed by atoms with E-state index in [0.717, 1.165) is 18.7 Å². The zero-order chi connectivity index (χ0) is 15.2. The average molecular weight is 296 g/mol. The predicted molar refractivity (Wildman–Crippen MR) is 73.9 cm³/mol. The third-order valence-corrected chi connectivity index (χ3v) is 3.72. The fourth-order valence-corrected chi connectivity index (χ4v) is 2.62. The Bertz CT molecular complexity index is 477. The number of hydrogen-bond acceptors (Lipinski definition) is 5. The van der Waals surface area contributed by atoms with E-state index in [9.17, 15) is 14.7 Å². The largest absolute Gasteiger partial charge is 0.480 e. The van der Waals surface area contributed by atoms with Crippen molar-refractivity contribution in [3.05, 3.63) is 18.2 Å². The van der Waals surface area contributed by atoms with Gasteiger partial charge in [-0.15, -0.1) is 0 Å². The topological polar surface area (TPSA) is 119 Å². The summed E-state index contributed by atoms with van der Waals surface area (Å²) in [6, 6.07) is -1.15. The molecule has 0 spiro atoms. The van der Waals surface area contributed by atoms with Crippen molar-refractivity contribution in [3.63, 3.8) is 0 Å². The molecule has 0 aromatic carbocycles. The van der Waals surface area contributed by atoms with Gasteiger partial charge in [-0.05, 0) is 19.4 Å². The van der Waals surface area contributed by atoms with E-state index in [1.807, 2.05) is 4.90 Å². The SMILES string of the molecule is O=C(O)[C@H](Cc1cnc[nH]1)NCCN1CCC[C@H]1C(=O)O. The van der Waals surface area contributed by atoms with Gasteiger partial charge in [-0.2, -0.15) is 0 Å². The average Bonchev–Trinajstić information content (AvgIpc) is 3.07. The molecule has 0 bridgehead atoms. The van der Waals surface area contributed by atoms with Crippen molar-refractivity contribution >= 4 is 11.9 Å². The van der Waals surface area contributed by atoms with Crippen LogP contribution >= 0.6 is 0 Å². The maximum absolute atomic E-state index is 11.2. The van der Waals surface area contributed by atoms with Crippen LogP contribution in [0.25, 0.3) is 0 Å². The van der Waals surface area contributed by atoms with E-state index in [0.29, 0.717) is 25.9 Å². The first-order valence-corrected chi connectivity index (χ1v) is 6.98. The number of aromatic amines is 1. The highest BCUT2D eigenvalue weighted by molar-refractivity contribution is 5.74. The molecule has 116 valence electrons. The smallest absolute Gasteiger partial charge is 0.321 e. The van der Waals surface area contributed by atoms with Crippen LogP contribution in [-0.2, 0) is 16.0 Å². The number of carboxylic acids is 2. The Kier molecular flexibility index (Phi) is 5.29. The molecule has 1 saturated heterocycles. The highest BCUT2D eigenvalue weighted by Crippen LogP contribution is 2.16. The van der Waals surface area contributed by atoms with Crippen molar-refractivity contribution < 1.29 is 19.8 Å². The van der Waals surface area contributed by atoms with Crippen LogP contribution in [0.15, 0.2) is 12.5 Å². The van der Waals surface area contributed by atoms with Gasteiger partial charge >= 0.3 is 11.9 Å². The van der Waals surface area contributed by atoms with E-state index >= 15 is 0 Å². The van der Waals surface area contributed by atoms with Crippen molar-refractivity contribution in [3.8, 4) is 0 Å². The monoisotopic (exact) mass is 296 g/mol. The predicted octanol–water partition coefficient (Wildman–Crippen LogP) is -0.456. The lowest BCUT2D eigenvalue weighted by atomic mass is 10.1. The molecule has 1 aliphatic rings. The van der Waals surface area contributed by atoms with Crippen LogP contribution in [0.4, 0.5) is 0 Å². The molecular weight excluding hydrogens is 276 g/mol. The van der Waals surface area contributed by atoms with E-state index in [1.165, 1.54) is 6.33 Å². The van der Waals surface area contributed by atoms with E-state index < -0.39 is 24.0 Å². The van der Waals surface area contributed by atoms with Crippen LogP contribution in [0, 0.1) is 0 Å². The van der Waals surface area contributed by atoms with Gasteiger partial charge in [0.25, 0.3) is 0 Å². The first-order valence-electron chi connectivity index (χ1n) is 6.98. The molecule has 2 atom stereocenters. The second kappa shape index (κ2) is 7.19. The third kappa shape index (κ3) is 4.27. The minimum atomic E-state index is -0.930. The molecule has 0 amide bonds. The number of hydrogen-bond donors (Lipinski definition) is 4. The highest BCUT2D eigenvalue weighted by atomic mass is 16.4. The third-order valence-electron chi connectivity index (χ3n) is 3.72. The van der Waals surface area contributed by atoms with Crippen molar-refractivity contribution in [1.29, 1.82) is 0 Å². The van der Waals surface area contributed by atoms with Gasteiger partial charge < -0.3 is 20.5 Å². The van der Waals surface area contributed by atoms with Gasteiger partial charge in [0.2, 0.25) is 0 Å². The fraction of sp³-hybridized carbons (Fsp3) is 0.615. The fourth-order valence-electron chi connectivity index (χ4n) is 2.62. The normalized spacial score (nSPS) is 20.5. The Balaban J connectivity index is 1.79. The molecule has 8 nitrogen and oxygen atoms in total. The summed E-state index contributed by atoms with van der Waals surface area (Å²) in [5.74, 6) is -1.74. The quantitative estimate of drug-likeness (QED) is 0.513. The molecule has 2 rings (SSSR count). The Morgan fingerprint density at radius 3 is 2.95 bits per heavy atom. The summed E-state index contributed by atoms with van der Waals surface area (Å²) >= 11 is 0. The van der Waals surface area contributed by atoms with Crippen molar-refractivity contribution in [2.45, 2.75) is 31.3 Å². The number of imidazole rings is 1. The number of H-pyrrole nitrogens is 1. The number of nitrogens with one attached hydrogen (secondary N) is 2. The molecular formula is C13H20N4O4. The number of nitrogens with zero attached hydrogens (tertiary/aromatic N) is 2. The lowest BCUT2D eigenvalue weighted by Gasteiger charge is -2.22. The van der Waals surface area contributed by atoms with Gasteiger partial charge in [-0.3, -0.25) is 14.5 Å². The van der Waals surface area contributed by atoms with Crippen LogP contribution < -0.4 is 5.32 Å². The molecule has 1 aromatic rings. The second-order valence-electron chi connectivity index (χ2n) is 5.16. The molecule has 1 fully saturated rings. The molecule has 0 aliphatic carbocycles. The molecule has 1 aromatic heterocycles. The van der Waals surface area contributed by atoms with E-state index in [1.54, 1.807) is 6.20 Å². The van der Waals surface area contributed by atoms with Crippen LogP contribution in [0.5, 0.6) is 0 Å². The zero-order valence-corrected chi connectivity index (χ0v) is 11.7. The van der Waals surface area contributed by atoms with Crippen LogP contribution in [0.3, 0.4) is 0 Å². The van der Waals surface area contributed by atoms with Crippen molar-refractivity contribution in [2.75, 3.05) is 19.6 Å². The van der Waals surface area contributed by atoms with Gasteiger partial charge in [0, 0.05) is 31.4 Å². The number of rotatable bonds is 8. The second-order valence-corrected chi connectivity index (χ2v) is 5.16. The summed E-state index contributed by atoms with van der Waals surface area (Å²) in [5.41, 5.74) is 0.750. The van der Waals surface area contributed by atoms with Crippen LogP contribution in [0.2, 0.25) is 0 Å². The van der Waals surface area contributed by atoms with Crippen LogP contribution in [0.1, 0.15) is 18.5 Å². The van der Waals surface area contributed by atoms with Crippen LogP contribution in [-0.4, -0.2) is 68.7 Å². The number of likely N-dealkylation sites (tertiary alicyclic amines) is 1. The van der Waals surface area contributed by atoms with E-state index in [-0.39, 0.29) is 0 Å². The first kappa shape index (κ1) is 15.5. The Labute approximate surface area is 122 Å². The zero-order valence-electron chi connectivity index (χ0n) is 11.7. The van der Waals surface area contributed by atoms with E-state index in [4.69, 9.17) is 5.11 Å². The minimum absolute atomic E-state index is 0.317. The summed E-state index contributed by atoms with van der Waals surface area (Å²) < 4.78 is 0. The minimum Gasteiger partial charge on any atom is -0.480 e. The summed E-state index contributed by atoms with van der Waals surface area (Å²) in [4.78, 5) is 30.9. The molecule has 8 heteroatoms. The van der Waals surface area contributed by atoms with Gasteiger partial charge in [0.15, 0.2) is 0 Å². The van der Waals surface area contributed by atoms with Crippen molar-refractivity contribution in [1.82, 2.24) is 20.2 Å². The number of carbonyl (C=O) groups is 2. The number of aromatic nitrogens is 2. The summed E-state index contributed by atoms with van der Waals surface area (Å²) in [5, 5.41) is 21.2. The Hall–Kier alpha value is -1.93. The highest BCUT2D eigenvalue weighted by Gasteiger charge is 2.30. The maximum Gasteiger partial charge on any atom is 0.321 e. The summed E-state index contributed by atoms with van der Waals surface area (Å²) in [6.45, 7) is 1.72. The van der Waals surface area contributed by atoms with Gasteiger partial charge in [0.05, 0.1) is 6.33 Å². The molecule has 4 N–H and O–H groups in total. The summed E-state index contributed by atoms with van der Waals surface area (Å²) in [7, 11) is 0. The lowest BCUT2D eigenvalue weighted by molar-refractivity contribution is -0.142. The van der Waals surface area contributed by atoms with Crippen molar-refractivity contribution in [2.24, 2.45) is 0 Å². The number of carboxylic acid groups (broad SMARTS) is 2. The molecule has 0 radical (unpaired) electrons. The Morgan fingerprint density at radius 2 is 2.33 bits per heavy atom. The first-order chi connectivity index (χ1) is 10.1. The van der Waals surface area contributed by atoms with Gasteiger partial charge in [0.1, 0.15) is 12.1 Å². The maximum atomic E-state index is 11.2. The lowest BCUT2D eigenvalue weighted by Crippen LogP contribution is -2.45. The van der Waals surface area contributed by atoms with E-state index in [2.05, 4.69) is 15.3 Å². The molecule has 1 aliphatic heterocycles. The molecule has 2 heterocycles. The van der Waals surface area contributed by atoms with Gasteiger partial charge in [-0.25, -0.2) is 4.98 Å². The molecule has 0 saturated carbocycles. The molecule has 0 unspecified atom stereocenters. The van der Waals surface area contributed by atoms with Gasteiger partial charge in [-0.1, -0.05) is 0 Å². The Morgan fingerprint density at radius 1 is 1.52 bits per heavy atom. The molecule has 21 heavy (non-hydrogen) atoms. The number of aliphatic carboxylic acids is 2. The standard InChI is InChI=1S/C13H20N4O4/c18-12(19)10(6-9-7-14-8-16-9)15-3-5-17-4-1-2-11(17)13(20)21/h7-8,10-11,15H,1-6H2,(H,14,16)(H,18,19)(H,20,21)/t10-,11-/m0/s1.